The van der Waals surface area contributed by atoms with Gasteiger partial charge in [0.2, 0.25) is 0 Å². The number of hydrogen-bond acceptors (Lipinski definition) is 2. The zero-order chi connectivity index (χ0) is 11.7. The van der Waals surface area contributed by atoms with E-state index >= 15 is 0 Å². The average Bonchev–Trinajstić information content (AvgIpc) is 2.25. The highest BCUT2D eigenvalue weighted by atomic mass is 35.5. The number of nitrogens with two attached hydrogens (primary N) is 1. The highest BCUT2D eigenvalue weighted by molar-refractivity contribution is 6.36. The smallest absolute Gasteiger partial charge is 0.139 e. The number of benzene rings is 2. The van der Waals surface area contributed by atoms with Crippen molar-refractivity contribution in [2.45, 2.75) is 0 Å². The topological polar surface area (TPSA) is 46.2 Å². The molecule has 2 rings (SSSR count). The maximum Gasteiger partial charge on any atom is 0.139 e. The third-order valence-corrected chi connectivity index (χ3v) is 2.92. The van der Waals surface area contributed by atoms with Gasteiger partial charge in [0.1, 0.15) is 5.75 Å². The standard InChI is InChI=1S/C12H9Cl2NO/c13-9-4-2-1-3-7(9)8-5-12(16)11(15)6-10(8)14/h1-6,16H,15H2. The summed E-state index contributed by atoms with van der Waals surface area (Å²) in [6, 6.07) is 10.3. The third kappa shape index (κ3) is 1.94. The molecule has 0 spiro atoms. The van der Waals surface area contributed by atoms with Crippen molar-refractivity contribution in [2.75, 3.05) is 5.73 Å². The molecule has 2 aromatic rings. The Morgan fingerprint density at radius 1 is 0.938 bits per heavy atom. The van der Waals surface area contributed by atoms with Crippen molar-refractivity contribution in [1.82, 2.24) is 0 Å². The Morgan fingerprint density at radius 2 is 1.62 bits per heavy atom. The number of aromatic hydroxyl groups is 1. The molecule has 0 aliphatic carbocycles. The summed E-state index contributed by atoms with van der Waals surface area (Å²) in [5.41, 5.74) is 7.22. The van der Waals surface area contributed by atoms with Crippen molar-refractivity contribution in [3.05, 3.63) is 46.4 Å². The van der Waals surface area contributed by atoms with E-state index in [1.165, 1.54) is 12.1 Å². The van der Waals surface area contributed by atoms with Gasteiger partial charge >= 0.3 is 0 Å². The monoisotopic (exact) mass is 253 g/mol. The molecule has 0 unspecified atom stereocenters. The van der Waals surface area contributed by atoms with Crippen LogP contribution in [-0.2, 0) is 0 Å². The van der Waals surface area contributed by atoms with Crippen molar-refractivity contribution in [3.8, 4) is 16.9 Å². The van der Waals surface area contributed by atoms with E-state index in [1.54, 1.807) is 6.07 Å². The molecule has 2 nitrogen and oxygen atoms in total. The van der Waals surface area contributed by atoms with Gasteiger partial charge in [0.05, 0.1) is 10.7 Å². The van der Waals surface area contributed by atoms with E-state index in [4.69, 9.17) is 28.9 Å². The Labute approximate surface area is 103 Å². The molecule has 4 heteroatoms. The summed E-state index contributed by atoms with van der Waals surface area (Å²) in [5, 5.41) is 10.6. The van der Waals surface area contributed by atoms with Crippen LogP contribution in [0, 0.1) is 0 Å². The van der Waals surface area contributed by atoms with Gasteiger partial charge in [-0.1, -0.05) is 41.4 Å². The van der Waals surface area contributed by atoms with E-state index in [-0.39, 0.29) is 11.4 Å². The first-order valence-corrected chi connectivity index (χ1v) is 5.38. The molecule has 16 heavy (non-hydrogen) atoms. The molecule has 0 aromatic heterocycles. The van der Waals surface area contributed by atoms with Crippen LogP contribution in [0.25, 0.3) is 11.1 Å². The Bertz CT molecular complexity index is 541. The van der Waals surface area contributed by atoms with E-state index in [2.05, 4.69) is 0 Å². The second-order valence-electron chi connectivity index (χ2n) is 3.37. The zero-order valence-electron chi connectivity index (χ0n) is 8.24. The molecule has 0 bridgehead atoms. The highest BCUT2D eigenvalue weighted by Crippen LogP contribution is 2.37. The van der Waals surface area contributed by atoms with Crippen LogP contribution in [0.15, 0.2) is 36.4 Å². The van der Waals surface area contributed by atoms with Gasteiger partial charge in [0.25, 0.3) is 0 Å². The van der Waals surface area contributed by atoms with Crippen LogP contribution < -0.4 is 5.73 Å². The highest BCUT2D eigenvalue weighted by Gasteiger charge is 2.10. The minimum absolute atomic E-state index is 0.000630. The lowest BCUT2D eigenvalue weighted by molar-refractivity contribution is 0.478. The number of phenols is 1. The summed E-state index contributed by atoms with van der Waals surface area (Å²) in [5.74, 6) is -0.000630. The molecular weight excluding hydrogens is 245 g/mol. The molecule has 0 atom stereocenters. The predicted octanol–water partition coefficient (Wildman–Crippen LogP) is 3.95. The van der Waals surface area contributed by atoms with Gasteiger partial charge in [-0.2, -0.15) is 0 Å². The Balaban J connectivity index is 2.65. The van der Waals surface area contributed by atoms with Crippen molar-refractivity contribution in [1.29, 1.82) is 0 Å². The molecule has 0 aliphatic rings. The van der Waals surface area contributed by atoms with Crippen LogP contribution in [0.5, 0.6) is 5.75 Å². The van der Waals surface area contributed by atoms with Crippen LogP contribution in [0.4, 0.5) is 5.69 Å². The summed E-state index contributed by atoms with van der Waals surface area (Å²) < 4.78 is 0. The van der Waals surface area contributed by atoms with Gasteiger partial charge in [0, 0.05) is 16.1 Å². The summed E-state index contributed by atoms with van der Waals surface area (Å²) in [6.45, 7) is 0. The fourth-order valence-corrected chi connectivity index (χ4v) is 1.97. The van der Waals surface area contributed by atoms with E-state index in [0.717, 1.165) is 5.56 Å². The summed E-state index contributed by atoms with van der Waals surface area (Å²) >= 11 is 12.1. The van der Waals surface area contributed by atoms with Gasteiger partial charge in [-0.15, -0.1) is 0 Å². The predicted molar refractivity (Wildman–Crippen MR) is 68.0 cm³/mol. The quantitative estimate of drug-likeness (QED) is 0.597. The van der Waals surface area contributed by atoms with Gasteiger partial charge in [-0.25, -0.2) is 0 Å². The first-order chi connectivity index (χ1) is 7.59. The van der Waals surface area contributed by atoms with Gasteiger partial charge in [-0.3, -0.25) is 0 Å². The molecule has 0 aliphatic heterocycles. The van der Waals surface area contributed by atoms with Gasteiger partial charge < -0.3 is 10.8 Å². The largest absolute Gasteiger partial charge is 0.506 e. The number of halogens is 2. The first-order valence-electron chi connectivity index (χ1n) is 4.62. The van der Waals surface area contributed by atoms with Crippen LogP contribution >= 0.6 is 23.2 Å². The van der Waals surface area contributed by atoms with Crippen molar-refractivity contribution in [3.63, 3.8) is 0 Å². The van der Waals surface area contributed by atoms with Gasteiger partial charge in [0.15, 0.2) is 0 Å². The molecule has 0 saturated heterocycles. The molecule has 82 valence electrons. The molecule has 0 saturated carbocycles. The Hall–Kier alpha value is -1.38. The lowest BCUT2D eigenvalue weighted by atomic mass is 10.0. The van der Waals surface area contributed by atoms with Crippen molar-refractivity contribution >= 4 is 28.9 Å². The maximum atomic E-state index is 9.55. The zero-order valence-corrected chi connectivity index (χ0v) is 9.76. The summed E-state index contributed by atoms with van der Waals surface area (Å²) in [7, 11) is 0. The summed E-state index contributed by atoms with van der Waals surface area (Å²) in [6.07, 6.45) is 0. The minimum atomic E-state index is -0.000630. The Morgan fingerprint density at radius 3 is 2.31 bits per heavy atom. The van der Waals surface area contributed by atoms with Crippen LogP contribution in [-0.4, -0.2) is 5.11 Å². The normalized spacial score (nSPS) is 10.4. The maximum absolute atomic E-state index is 9.55. The minimum Gasteiger partial charge on any atom is -0.506 e. The molecule has 0 amide bonds. The molecule has 3 N–H and O–H groups in total. The number of anilines is 1. The number of hydrogen-bond donors (Lipinski definition) is 2. The molecule has 2 aromatic carbocycles. The number of rotatable bonds is 1. The van der Waals surface area contributed by atoms with Crippen molar-refractivity contribution in [2.24, 2.45) is 0 Å². The molecule has 0 fully saturated rings. The van der Waals surface area contributed by atoms with Crippen LogP contribution in [0.3, 0.4) is 0 Å². The van der Waals surface area contributed by atoms with E-state index in [9.17, 15) is 5.11 Å². The van der Waals surface area contributed by atoms with Gasteiger partial charge in [-0.05, 0) is 18.2 Å². The fourth-order valence-electron chi connectivity index (χ4n) is 1.46. The number of phenolic OH excluding ortho intramolecular Hbond substituents is 1. The first kappa shape index (κ1) is 11.1. The SMILES string of the molecule is Nc1cc(Cl)c(-c2ccccc2Cl)cc1O. The second kappa shape index (κ2) is 4.24. The lowest BCUT2D eigenvalue weighted by Crippen LogP contribution is -1.88. The van der Waals surface area contributed by atoms with E-state index in [0.29, 0.717) is 15.6 Å². The van der Waals surface area contributed by atoms with Crippen LogP contribution in [0.1, 0.15) is 0 Å². The summed E-state index contributed by atoms with van der Waals surface area (Å²) in [4.78, 5) is 0. The Kier molecular flexibility index (Phi) is 2.95. The van der Waals surface area contributed by atoms with Crippen molar-refractivity contribution < 1.29 is 5.11 Å². The third-order valence-electron chi connectivity index (χ3n) is 2.28. The second-order valence-corrected chi connectivity index (χ2v) is 4.19. The lowest BCUT2D eigenvalue weighted by Gasteiger charge is -2.08. The molecule has 0 heterocycles. The van der Waals surface area contributed by atoms with E-state index < -0.39 is 0 Å². The number of nitrogen functional groups attached to an aromatic ring is 1. The molecule has 0 radical (unpaired) electrons. The fraction of sp³-hybridized carbons (Fsp3) is 0. The average molecular weight is 254 g/mol. The van der Waals surface area contributed by atoms with Crippen LogP contribution in [0.2, 0.25) is 10.0 Å². The van der Waals surface area contributed by atoms with E-state index in [1.807, 2.05) is 18.2 Å². The molecular formula is C12H9Cl2NO.